The van der Waals surface area contributed by atoms with E-state index in [4.69, 9.17) is 9.47 Å². The van der Waals surface area contributed by atoms with Crippen LogP contribution < -0.4 is 15.4 Å². The lowest BCUT2D eigenvalue weighted by atomic mass is 10.0. The van der Waals surface area contributed by atoms with Crippen LogP contribution in [-0.4, -0.2) is 31.1 Å². The second-order valence-corrected chi connectivity index (χ2v) is 5.86. The van der Waals surface area contributed by atoms with Crippen molar-refractivity contribution in [2.24, 2.45) is 5.10 Å². The number of phenols is 1. The molecule has 2 aromatic carbocycles. The molecule has 1 aliphatic heterocycles. The molecule has 2 aromatic rings. The first kappa shape index (κ1) is 17.9. The predicted octanol–water partition coefficient (Wildman–Crippen LogP) is 1.37. The van der Waals surface area contributed by atoms with E-state index in [2.05, 4.69) is 10.5 Å². The Morgan fingerprint density at radius 1 is 1.15 bits per heavy atom. The van der Waals surface area contributed by atoms with Gasteiger partial charge in [-0.2, -0.15) is 0 Å². The highest BCUT2D eigenvalue weighted by Crippen LogP contribution is 2.22. The number of allylic oxidation sites excluding steroid dienone is 1. The molecule has 7 nitrogen and oxygen atoms in total. The molecule has 0 saturated carbocycles. The van der Waals surface area contributed by atoms with E-state index in [0.29, 0.717) is 30.4 Å². The molecule has 0 spiro atoms. The molecular weight excluding hydrogens is 334 g/mol. The van der Waals surface area contributed by atoms with Crippen molar-refractivity contribution in [3.63, 3.8) is 0 Å². The topological polar surface area (TPSA) is 90.6 Å². The molecule has 0 saturated heterocycles. The van der Waals surface area contributed by atoms with Crippen molar-refractivity contribution in [3.05, 3.63) is 70.4 Å². The largest absolute Gasteiger partial charge is 0.581 e. The molecule has 0 bridgehead atoms. The zero-order valence-electron chi connectivity index (χ0n) is 14.7. The van der Waals surface area contributed by atoms with Gasteiger partial charge in [0.05, 0.1) is 12.3 Å². The lowest BCUT2D eigenvalue weighted by molar-refractivity contribution is -0.894. The number of nitrogens with zero attached hydrogens (tertiary/aromatic N) is 1. The van der Waals surface area contributed by atoms with Crippen LogP contribution in [-0.2, 0) is 4.74 Å². The third-order valence-corrected chi connectivity index (χ3v) is 3.94. The van der Waals surface area contributed by atoms with E-state index in [0.717, 1.165) is 16.7 Å². The first-order valence-electron chi connectivity index (χ1n) is 8.20. The summed E-state index contributed by atoms with van der Waals surface area (Å²) in [7, 11) is 1.62. The highest BCUT2D eigenvalue weighted by atomic mass is 16.6. The zero-order chi connectivity index (χ0) is 18.5. The Kier molecular flexibility index (Phi) is 5.52. The monoisotopic (exact) mass is 355 g/mol. The Labute approximate surface area is 151 Å². The number of aryl methyl sites for hydroxylation is 1. The van der Waals surface area contributed by atoms with Gasteiger partial charge in [-0.15, -0.1) is 5.28 Å². The molecular formula is C19H21N3O4. The smallest absolute Gasteiger partial charge is 0.131 e. The van der Waals surface area contributed by atoms with Crippen LogP contribution >= 0.6 is 0 Å². The van der Waals surface area contributed by atoms with Crippen molar-refractivity contribution in [1.82, 2.24) is 5.43 Å². The molecule has 7 heteroatoms. The summed E-state index contributed by atoms with van der Waals surface area (Å²) < 4.78 is 10.6. The second-order valence-electron chi connectivity index (χ2n) is 5.86. The van der Waals surface area contributed by atoms with Crippen LogP contribution in [0.3, 0.4) is 0 Å². The van der Waals surface area contributed by atoms with Crippen LogP contribution in [0.1, 0.15) is 16.7 Å². The average molecular weight is 355 g/mol. The van der Waals surface area contributed by atoms with Crippen LogP contribution in [0.25, 0.3) is 5.70 Å². The van der Waals surface area contributed by atoms with Crippen molar-refractivity contribution in [1.29, 1.82) is 0 Å². The minimum absolute atomic E-state index is 0.214. The Bertz CT molecular complexity index is 848. The maximum atomic E-state index is 12.0. The van der Waals surface area contributed by atoms with E-state index in [9.17, 15) is 10.3 Å². The Morgan fingerprint density at radius 3 is 2.77 bits per heavy atom. The fraction of sp³-hybridized carbons (Fsp3) is 0.211. The summed E-state index contributed by atoms with van der Waals surface area (Å²) in [5.74, 6) is 0.898. The maximum Gasteiger partial charge on any atom is 0.131 e. The summed E-state index contributed by atoms with van der Waals surface area (Å²) in [4.78, 5) is 0. The molecule has 3 rings (SSSR count). The standard InChI is InChI=1S/C19H21N3O4/c1-13-10-15(6-7-19(13)23)18-12-17(20-22(24)21-18)14-4-3-5-16(11-14)26-9-8-25-2/h3-7,10-12,21-23H,8-9H2,1-2H3. The van der Waals surface area contributed by atoms with E-state index < -0.39 is 5.28 Å². The van der Waals surface area contributed by atoms with Gasteiger partial charge in [0.25, 0.3) is 0 Å². The van der Waals surface area contributed by atoms with Crippen LogP contribution in [0, 0.1) is 12.1 Å². The molecule has 3 N–H and O–H groups in total. The number of benzene rings is 2. The third kappa shape index (κ3) is 4.20. The highest BCUT2D eigenvalue weighted by molar-refractivity contribution is 6.12. The summed E-state index contributed by atoms with van der Waals surface area (Å²) in [6, 6.07) is 12.6. The number of hydrogen-bond acceptors (Lipinski definition) is 6. The number of ether oxygens (including phenoxy) is 2. The van der Waals surface area contributed by atoms with Crippen LogP contribution in [0.15, 0.2) is 53.6 Å². The fourth-order valence-corrected chi connectivity index (χ4v) is 2.57. The van der Waals surface area contributed by atoms with Gasteiger partial charge in [0.1, 0.15) is 23.8 Å². The molecule has 0 fully saturated rings. The first-order valence-corrected chi connectivity index (χ1v) is 8.20. The molecule has 1 aliphatic rings. The van der Waals surface area contributed by atoms with Crippen molar-refractivity contribution in [2.75, 3.05) is 20.3 Å². The van der Waals surface area contributed by atoms with Crippen molar-refractivity contribution < 1.29 is 19.9 Å². The summed E-state index contributed by atoms with van der Waals surface area (Å²) >= 11 is 0. The van der Waals surface area contributed by atoms with Crippen molar-refractivity contribution >= 4 is 11.4 Å². The van der Waals surface area contributed by atoms with Crippen molar-refractivity contribution in [3.8, 4) is 11.5 Å². The molecule has 26 heavy (non-hydrogen) atoms. The Hall–Kier alpha value is -2.87. The number of rotatable bonds is 6. The van der Waals surface area contributed by atoms with Gasteiger partial charge in [-0.25, -0.2) is 5.43 Å². The van der Waals surface area contributed by atoms with Crippen LogP contribution in [0.2, 0.25) is 0 Å². The summed E-state index contributed by atoms with van der Waals surface area (Å²) in [5.41, 5.74) is 6.23. The first-order chi connectivity index (χ1) is 12.6. The average Bonchev–Trinajstić information content (AvgIpc) is 2.64. The predicted molar refractivity (Wildman–Crippen MR) is 98.6 cm³/mol. The van der Waals surface area contributed by atoms with E-state index in [-0.39, 0.29) is 5.75 Å². The summed E-state index contributed by atoms with van der Waals surface area (Å²) in [6.07, 6.45) is 1.81. The van der Waals surface area contributed by atoms with Gasteiger partial charge in [0, 0.05) is 18.2 Å². The van der Waals surface area contributed by atoms with Gasteiger partial charge >= 0.3 is 0 Å². The minimum atomic E-state index is -0.436. The number of quaternary nitrogens is 1. The lowest BCUT2D eigenvalue weighted by Gasteiger charge is -2.24. The Morgan fingerprint density at radius 2 is 2.00 bits per heavy atom. The molecule has 0 radical (unpaired) electrons. The van der Waals surface area contributed by atoms with Crippen LogP contribution in [0.5, 0.6) is 11.5 Å². The normalized spacial score (nSPS) is 16.5. The van der Waals surface area contributed by atoms with Crippen molar-refractivity contribution in [2.45, 2.75) is 6.92 Å². The number of phenolic OH excluding ortho intramolecular Hbond substituents is 1. The Balaban J connectivity index is 1.88. The van der Waals surface area contributed by atoms with Gasteiger partial charge in [-0.1, -0.05) is 17.2 Å². The van der Waals surface area contributed by atoms with Gasteiger partial charge < -0.3 is 19.8 Å². The third-order valence-electron chi connectivity index (χ3n) is 3.94. The van der Waals surface area contributed by atoms with Gasteiger partial charge in [-0.3, -0.25) is 0 Å². The van der Waals surface area contributed by atoms with E-state index in [1.54, 1.807) is 26.2 Å². The maximum absolute atomic E-state index is 12.0. The molecule has 1 atom stereocenters. The van der Waals surface area contributed by atoms with E-state index in [1.807, 2.05) is 36.4 Å². The quantitative estimate of drug-likeness (QED) is 0.538. The fourth-order valence-electron chi connectivity index (χ4n) is 2.57. The summed E-state index contributed by atoms with van der Waals surface area (Å²) in [6.45, 7) is 2.75. The van der Waals surface area contributed by atoms with Gasteiger partial charge in [0.15, 0.2) is 0 Å². The van der Waals surface area contributed by atoms with Gasteiger partial charge in [-0.05, 0) is 48.9 Å². The molecule has 0 amide bonds. The number of nitrogens with one attached hydrogen (secondary N) is 2. The van der Waals surface area contributed by atoms with Crippen LogP contribution in [0.4, 0.5) is 0 Å². The number of hydrogen-bond donors (Lipinski definition) is 3. The zero-order valence-corrected chi connectivity index (χ0v) is 14.7. The molecule has 0 aliphatic carbocycles. The lowest BCUT2D eigenvalue weighted by Crippen LogP contribution is -3.10. The molecule has 1 heterocycles. The number of aromatic hydroxyl groups is 1. The highest BCUT2D eigenvalue weighted by Gasteiger charge is 2.16. The van der Waals surface area contributed by atoms with Gasteiger partial charge in [0.2, 0.25) is 0 Å². The molecule has 0 aromatic heterocycles. The summed E-state index contributed by atoms with van der Waals surface area (Å²) in [5, 5.41) is 25.4. The van der Waals surface area contributed by atoms with E-state index in [1.165, 1.54) is 0 Å². The minimum Gasteiger partial charge on any atom is -0.581 e. The molecule has 1 unspecified atom stereocenters. The van der Waals surface area contributed by atoms with E-state index >= 15 is 0 Å². The SMILES string of the molecule is COCCOc1cccc(C2=N[NH+]([O-])NC(c3ccc(O)c(C)c3)=C2)c1. The second kappa shape index (κ2) is 8.01. The molecule has 136 valence electrons. The number of methoxy groups -OCH3 is 1.